The Bertz CT molecular complexity index is 1150. The Kier molecular flexibility index (Phi) is 2.43. The van der Waals surface area contributed by atoms with Crippen molar-refractivity contribution in [2.75, 3.05) is 0 Å². The van der Waals surface area contributed by atoms with Gasteiger partial charge in [-0.2, -0.15) is 0 Å². The summed E-state index contributed by atoms with van der Waals surface area (Å²) in [6.07, 6.45) is 3.57. The fourth-order valence-electron chi connectivity index (χ4n) is 6.14. The van der Waals surface area contributed by atoms with E-state index in [4.69, 9.17) is 4.42 Å². The summed E-state index contributed by atoms with van der Waals surface area (Å²) in [5, 5.41) is 3.39. The number of Topliss-reactive ketones (excluding diaryl/α,β-unsaturated/α-hetero) is 1. The van der Waals surface area contributed by atoms with E-state index in [0.717, 1.165) is 27.3 Å². The number of rotatable bonds is 0. The molecular weight excluding hydrogens is 312 g/mol. The normalized spacial score (nSPS) is 29.6. The Labute approximate surface area is 144 Å². The molecule has 3 aliphatic rings. The third-order valence-electron chi connectivity index (χ3n) is 6.90. The first-order valence-corrected chi connectivity index (χ1v) is 9.18. The number of aryl methyl sites for hydroxylation is 1. The summed E-state index contributed by atoms with van der Waals surface area (Å²) >= 11 is 0. The van der Waals surface area contributed by atoms with E-state index in [-0.39, 0.29) is 11.5 Å². The minimum atomic E-state index is -0.284. The molecule has 0 radical (unpaired) electrons. The van der Waals surface area contributed by atoms with Crippen LogP contribution in [0.15, 0.2) is 39.5 Å². The number of hydrogen-bond donors (Lipinski definition) is 0. The molecular formula is C22H18O3. The standard InChI is InChI=1S/C22H18O3/c1-10-8-15-18(22(24)25-10)13-4-2-3-5-14(13)20-19(15)16-11-6-7-12(9-11)17(16)21(20)23/h2-5,8,11-12,16-17H,6-7,9H2,1H3. The highest BCUT2D eigenvalue weighted by atomic mass is 16.4. The zero-order valence-electron chi connectivity index (χ0n) is 14.0. The quantitative estimate of drug-likeness (QED) is 0.567. The monoisotopic (exact) mass is 330 g/mol. The van der Waals surface area contributed by atoms with E-state index in [1.54, 1.807) is 0 Å². The van der Waals surface area contributed by atoms with Crippen LogP contribution in [0, 0.1) is 24.7 Å². The van der Waals surface area contributed by atoms with E-state index in [1.807, 2.05) is 37.3 Å². The molecule has 0 spiro atoms. The van der Waals surface area contributed by atoms with Gasteiger partial charge in [-0.3, -0.25) is 4.79 Å². The summed E-state index contributed by atoms with van der Waals surface area (Å²) in [6.45, 7) is 1.82. The Hall–Kier alpha value is -2.42. The molecule has 3 aromatic rings. The van der Waals surface area contributed by atoms with Crippen LogP contribution in [-0.4, -0.2) is 5.78 Å². The van der Waals surface area contributed by atoms with Crippen LogP contribution in [-0.2, 0) is 0 Å². The van der Waals surface area contributed by atoms with E-state index < -0.39 is 0 Å². The van der Waals surface area contributed by atoms with Crippen molar-refractivity contribution in [2.24, 2.45) is 17.8 Å². The smallest absolute Gasteiger partial charge is 0.344 e. The molecule has 0 amide bonds. The van der Waals surface area contributed by atoms with Gasteiger partial charge in [0.25, 0.3) is 0 Å². The van der Waals surface area contributed by atoms with Crippen LogP contribution in [0.4, 0.5) is 0 Å². The molecule has 0 saturated heterocycles. The maximum absolute atomic E-state index is 13.4. The molecule has 2 saturated carbocycles. The van der Waals surface area contributed by atoms with E-state index in [2.05, 4.69) is 0 Å². The average Bonchev–Trinajstić information content (AvgIpc) is 3.27. The van der Waals surface area contributed by atoms with Crippen LogP contribution in [0.25, 0.3) is 21.5 Å². The average molecular weight is 330 g/mol. The van der Waals surface area contributed by atoms with Gasteiger partial charge < -0.3 is 4.42 Å². The topological polar surface area (TPSA) is 47.3 Å². The summed E-state index contributed by atoms with van der Waals surface area (Å²) < 4.78 is 5.42. The molecule has 3 nitrogen and oxygen atoms in total. The minimum absolute atomic E-state index is 0.135. The predicted octanol–water partition coefficient (Wildman–Crippen LogP) is 4.58. The summed E-state index contributed by atoms with van der Waals surface area (Å²) in [5.74, 6) is 2.50. The number of hydrogen-bond acceptors (Lipinski definition) is 3. The Morgan fingerprint density at radius 3 is 2.48 bits per heavy atom. The molecule has 2 aromatic carbocycles. The number of carbonyl (C=O) groups is 1. The van der Waals surface area contributed by atoms with Crippen molar-refractivity contribution < 1.29 is 9.21 Å². The lowest BCUT2D eigenvalue weighted by atomic mass is 9.78. The maximum atomic E-state index is 13.4. The molecule has 4 unspecified atom stereocenters. The van der Waals surface area contributed by atoms with Gasteiger partial charge in [-0.05, 0) is 71.7 Å². The molecule has 0 N–H and O–H groups in total. The van der Waals surface area contributed by atoms with Crippen molar-refractivity contribution in [1.82, 2.24) is 0 Å². The van der Waals surface area contributed by atoms with Crippen LogP contribution < -0.4 is 5.63 Å². The second-order valence-corrected chi connectivity index (χ2v) is 8.02. The predicted molar refractivity (Wildman–Crippen MR) is 96.1 cm³/mol. The van der Waals surface area contributed by atoms with Gasteiger partial charge >= 0.3 is 5.63 Å². The maximum Gasteiger partial charge on any atom is 0.344 e. The van der Waals surface area contributed by atoms with Crippen molar-refractivity contribution >= 4 is 27.3 Å². The number of fused-ring (bicyclic) bond motifs is 12. The molecule has 1 aromatic heterocycles. The zero-order chi connectivity index (χ0) is 16.9. The summed E-state index contributed by atoms with van der Waals surface area (Å²) in [6, 6.07) is 9.80. The van der Waals surface area contributed by atoms with Gasteiger partial charge in [-0.15, -0.1) is 0 Å². The molecule has 4 atom stereocenters. The van der Waals surface area contributed by atoms with Crippen molar-refractivity contribution in [3.05, 3.63) is 57.6 Å². The highest BCUT2D eigenvalue weighted by Gasteiger charge is 2.56. The second-order valence-electron chi connectivity index (χ2n) is 8.02. The zero-order valence-corrected chi connectivity index (χ0v) is 14.0. The van der Waals surface area contributed by atoms with E-state index in [1.165, 1.54) is 19.3 Å². The molecule has 3 heteroatoms. The largest absolute Gasteiger partial charge is 0.428 e. The summed E-state index contributed by atoms with van der Waals surface area (Å²) in [4.78, 5) is 26.1. The minimum Gasteiger partial charge on any atom is -0.428 e. The molecule has 124 valence electrons. The van der Waals surface area contributed by atoms with Gasteiger partial charge in [0.2, 0.25) is 0 Å². The third-order valence-corrected chi connectivity index (χ3v) is 6.90. The second kappa shape index (κ2) is 4.40. The van der Waals surface area contributed by atoms with Crippen LogP contribution in [0.3, 0.4) is 0 Å². The summed E-state index contributed by atoms with van der Waals surface area (Å²) in [7, 11) is 0. The molecule has 2 fully saturated rings. The van der Waals surface area contributed by atoms with Crippen LogP contribution >= 0.6 is 0 Å². The molecule has 3 aliphatic carbocycles. The van der Waals surface area contributed by atoms with Crippen LogP contribution in [0.1, 0.15) is 46.9 Å². The van der Waals surface area contributed by atoms with Gasteiger partial charge in [-0.1, -0.05) is 24.3 Å². The van der Waals surface area contributed by atoms with Gasteiger partial charge in [0.05, 0.1) is 5.39 Å². The SMILES string of the molecule is Cc1cc2c3c(c4ccccc4c2c(=O)o1)C(=O)C1C2CCC(C2)C31. The first-order valence-electron chi connectivity index (χ1n) is 9.18. The van der Waals surface area contributed by atoms with E-state index >= 15 is 0 Å². The number of carbonyl (C=O) groups excluding carboxylic acids is 1. The molecule has 2 bridgehead atoms. The molecule has 0 aliphatic heterocycles. The van der Waals surface area contributed by atoms with Crippen LogP contribution in [0.5, 0.6) is 0 Å². The number of benzene rings is 2. The van der Waals surface area contributed by atoms with E-state index in [9.17, 15) is 9.59 Å². The van der Waals surface area contributed by atoms with Gasteiger partial charge in [-0.25, -0.2) is 4.79 Å². The fourth-order valence-corrected chi connectivity index (χ4v) is 6.14. The van der Waals surface area contributed by atoms with Crippen molar-refractivity contribution in [3.63, 3.8) is 0 Å². The molecule has 6 rings (SSSR count). The lowest BCUT2D eigenvalue weighted by Gasteiger charge is -2.24. The molecule has 1 heterocycles. The van der Waals surface area contributed by atoms with Gasteiger partial charge in [0.15, 0.2) is 5.78 Å². The van der Waals surface area contributed by atoms with Crippen LogP contribution in [0.2, 0.25) is 0 Å². The Morgan fingerprint density at radius 1 is 0.960 bits per heavy atom. The lowest BCUT2D eigenvalue weighted by molar-refractivity contribution is 0.0884. The van der Waals surface area contributed by atoms with E-state index in [0.29, 0.717) is 34.7 Å². The highest BCUT2D eigenvalue weighted by Crippen LogP contribution is 2.63. The number of ketones is 1. The fraction of sp³-hybridized carbons (Fsp3) is 0.364. The van der Waals surface area contributed by atoms with Gasteiger partial charge in [0.1, 0.15) is 5.76 Å². The first kappa shape index (κ1) is 13.8. The Balaban J connectivity index is 1.86. The Morgan fingerprint density at radius 2 is 1.68 bits per heavy atom. The van der Waals surface area contributed by atoms with Crippen molar-refractivity contribution in [1.29, 1.82) is 0 Å². The van der Waals surface area contributed by atoms with Crippen molar-refractivity contribution in [3.8, 4) is 0 Å². The highest BCUT2D eigenvalue weighted by molar-refractivity contribution is 6.22. The third kappa shape index (κ3) is 1.53. The van der Waals surface area contributed by atoms with Gasteiger partial charge in [0, 0.05) is 11.5 Å². The first-order chi connectivity index (χ1) is 12.1. The lowest BCUT2D eigenvalue weighted by Crippen LogP contribution is -2.20. The van der Waals surface area contributed by atoms with Crippen molar-refractivity contribution in [2.45, 2.75) is 32.1 Å². The summed E-state index contributed by atoms with van der Waals surface area (Å²) in [5.41, 5.74) is 1.75. The molecule has 25 heavy (non-hydrogen) atoms.